The van der Waals surface area contributed by atoms with Crippen molar-refractivity contribution in [3.05, 3.63) is 71.9 Å². The van der Waals surface area contributed by atoms with E-state index in [0.29, 0.717) is 16.5 Å². The fraction of sp³-hybridized carbons (Fsp3) is 0.333. The number of hydrogen-bond acceptors (Lipinski definition) is 5. The molecule has 36 heavy (non-hydrogen) atoms. The summed E-state index contributed by atoms with van der Waals surface area (Å²) in [5, 5.41) is 8.85. The molecule has 1 unspecified atom stereocenters. The second-order valence-corrected chi connectivity index (χ2v) is 11.2. The Bertz CT molecular complexity index is 1380. The molecule has 188 valence electrons. The van der Waals surface area contributed by atoms with Crippen LogP contribution in [-0.2, 0) is 22.8 Å². The summed E-state index contributed by atoms with van der Waals surface area (Å²) in [5.74, 6) is 0.568. The van der Waals surface area contributed by atoms with Gasteiger partial charge in [0, 0.05) is 30.9 Å². The Morgan fingerprint density at radius 3 is 2.69 bits per heavy atom. The highest BCUT2D eigenvalue weighted by atomic mass is 32.2. The maximum atomic E-state index is 13.0. The van der Waals surface area contributed by atoms with Crippen LogP contribution in [0.25, 0.3) is 11.1 Å². The number of nitrogens with zero attached hydrogens (tertiary/aromatic N) is 3. The summed E-state index contributed by atoms with van der Waals surface area (Å²) in [5.41, 5.74) is 4.68. The van der Waals surface area contributed by atoms with Crippen molar-refractivity contribution in [1.82, 2.24) is 9.88 Å². The first-order valence-electron chi connectivity index (χ1n) is 12.3. The minimum absolute atomic E-state index is 0.137. The van der Waals surface area contributed by atoms with Crippen molar-refractivity contribution in [2.75, 3.05) is 25.5 Å². The third kappa shape index (κ3) is 5.43. The van der Waals surface area contributed by atoms with Gasteiger partial charge in [-0.2, -0.15) is 0 Å². The van der Waals surface area contributed by atoms with Crippen molar-refractivity contribution in [1.29, 1.82) is 0 Å². The van der Waals surface area contributed by atoms with E-state index in [-0.39, 0.29) is 6.10 Å². The zero-order valence-corrected chi connectivity index (χ0v) is 21.2. The summed E-state index contributed by atoms with van der Waals surface area (Å²) in [4.78, 5) is 20.0. The molecule has 1 fully saturated rings. The van der Waals surface area contributed by atoms with Crippen LogP contribution in [0.15, 0.2) is 70.1 Å². The van der Waals surface area contributed by atoms with Crippen LogP contribution < -0.4 is 15.2 Å². The number of urea groups is 1. The molecule has 2 aliphatic rings. The van der Waals surface area contributed by atoms with Gasteiger partial charge in [0.15, 0.2) is 0 Å². The van der Waals surface area contributed by atoms with Gasteiger partial charge >= 0.3 is 6.03 Å². The van der Waals surface area contributed by atoms with Gasteiger partial charge in [-0.15, -0.1) is 4.36 Å². The van der Waals surface area contributed by atoms with Gasteiger partial charge in [0.25, 0.3) is 0 Å². The first-order chi connectivity index (χ1) is 17.4. The number of benzene rings is 2. The molecule has 9 heteroatoms. The molecule has 3 aromatic rings. The topological polar surface area (TPSA) is 110 Å². The van der Waals surface area contributed by atoms with Crippen LogP contribution in [0.3, 0.4) is 0 Å². The molecule has 3 N–H and O–H groups in total. The van der Waals surface area contributed by atoms with Crippen molar-refractivity contribution in [2.45, 2.75) is 43.1 Å². The standard InChI is InChI=1S/C27H31N5O3S/c1-32-16-13-21(14-17-32)35-25-18-20(12-15-29-25)24-11-10-19-6-5-9-23(19)26(24)30-27(33)31-36(28,34)22-7-3-2-4-8-22/h2-4,7-8,10-12,15,18,21H,5-6,9,13-14,16-17H2,1H3,(H3,28,30,31,33,34). The quantitative estimate of drug-likeness (QED) is 0.525. The summed E-state index contributed by atoms with van der Waals surface area (Å²) in [6, 6.07) is 15.6. The third-order valence-corrected chi connectivity index (χ3v) is 8.20. The van der Waals surface area contributed by atoms with Gasteiger partial charge in [0.05, 0.1) is 10.6 Å². The molecule has 5 rings (SSSR count). The van der Waals surface area contributed by atoms with Crippen molar-refractivity contribution in [3.63, 3.8) is 0 Å². The summed E-state index contributed by atoms with van der Waals surface area (Å²) in [6.07, 6.45) is 6.60. The summed E-state index contributed by atoms with van der Waals surface area (Å²) in [7, 11) is -1.25. The van der Waals surface area contributed by atoms with E-state index >= 15 is 0 Å². The van der Waals surface area contributed by atoms with Gasteiger partial charge < -0.3 is 15.0 Å². The Balaban J connectivity index is 1.45. The number of ether oxygens (including phenoxy) is 1. The van der Waals surface area contributed by atoms with E-state index in [9.17, 15) is 9.00 Å². The molecular formula is C27H31N5O3S. The van der Waals surface area contributed by atoms with Crippen LogP contribution in [0.2, 0.25) is 0 Å². The zero-order chi connectivity index (χ0) is 25.1. The summed E-state index contributed by atoms with van der Waals surface area (Å²) in [6.45, 7) is 2.00. The lowest BCUT2D eigenvalue weighted by Crippen LogP contribution is -2.35. The number of anilines is 1. The highest BCUT2D eigenvalue weighted by Crippen LogP contribution is 2.38. The number of hydrogen-bond donors (Lipinski definition) is 2. The number of pyridine rings is 1. The highest BCUT2D eigenvalue weighted by molar-refractivity contribution is 7.91. The second-order valence-electron chi connectivity index (χ2n) is 9.39. The molecule has 2 amide bonds. The maximum Gasteiger partial charge on any atom is 0.354 e. The van der Waals surface area contributed by atoms with Gasteiger partial charge in [-0.25, -0.2) is 19.1 Å². The Labute approximate surface area is 212 Å². The SMILES string of the molecule is CN1CCC(Oc2cc(-c3ccc4c(c3NC(=O)N=S(N)(=O)c3ccccc3)CCC4)ccn2)CC1. The third-order valence-electron chi connectivity index (χ3n) is 6.81. The average Bonchev–Trinajstić information content (AvgIpc) is 3.36. The van der Waals surface area contributed by atoms with Gasteiger partial charge in [-0.3, -0.25) is 0 Å². The van der Waals surface area contributed by atoms with E-state index in [1.54, 1.807) is 36.5 Å². The number of amides is 2. The zero-order valence-electron chi connectivity index (χ0n) is 20.4. The van der Waals surface area contributed by atoms with E-state index in [1.807, 2.05) is 18.2 Å². The first kappa shape index (κ1) is 24.4. The number of piperidine rings is 1. The number of aromatic nitrogens is 1. The number of fused-ring (bicyclic) bond motifs is 1. The number of carbonyl (C=O) groups is 1. The Kier molecular flexibility index (Phi) is 7.04. The van der Waals surface area contributed by atoms with Gasteiger partial charge in [0.2, 0.25) is 5.88 Å². The van der Waals surface area contributed by atoms with E-state index in [2.05, 4.69) is 32.7 Å². The number of carbonyl (C=O) groups excluding carboxylic acids is 1. The molecule has 0 bridgehead atoms. The van der Waals surface area contributed by atoms with Crippen molar-refractivity contribution >= 4 is 21.6 Å². The van der Waals surface area contributed by atoms with E-state index < -0.39 is 15.9 Å². The predicted octanol–water partition coefficient (Wildman–Crippen LogP) is 4.64. The van der Waals surface area contributed by atoms with Gasteiger partial charge in [-0.1, -0.05) is 30.3 Å². The molecule has 0 spiro atoms. The molecule has 1 saturated heterocycles. The largest absolute Gasteiger partial charge is 0.474 e. The van der Waals surface area contributed by atoms with Crippen LogP contribution in [0.1, 0.15) is 30.4 Å². The van der Waals surface area contributed by atoms with Gasteiger partial charge in [0.1, 0.15) is 16.0 Å². The highest BCUT2D eigenvalue weighted by Gasteiger charge is 2.22. The number of nitrogens with two attached hydrogens (primary N) is 1. The lowest BCUT2D eigenvalue weighted by molar-refractivity contribution is 0.110. The molecule has 1 aliphatic carbocycles. The van der Waals surface area contributed by atoms with E-state index in [4.69, 9.17) is 9.88 Å². The number of likely N-dealkylation sites (tertiary alicyclic amines) is 1. The number of rotatable bonds is 5. The van der Waals surface area contributed by atoms with Crippen LogP contribution in [0.5, 0.6) is 5.88 Å². The van der Waals surface area contributed by atoms with Gasteiger partial charge in [-0.05, 0) is 74.0 Å². The van der Waals surface area contributed by atoms with Crippen molar-refractivity contribution in [3.8, 4) is 17.0 Å². The minimum Gasteiger partial charge on any atom is -0.474 e. The molecule has 1 atom stereocenters. The fourth-order valence-corrected chi connectivity index (χ4v) is 5.83. The first-order valence-corrected chi connectivity index (χ1v) is 13.8. The molecule has 2 heterocycles. The molecule has 0 saturated carbocycles. The van der Waals surface area contributed by atoms with E-state index in [1.165, 1.54) is 5.56 Å². The molecular weight excluding hydrogens is 474 g/mol. The minimum atomic E-state index is -3.37. The lowest BCUT2D eigenvalue weighted by atomic mass is 9.98. The Morgan fingerprint density at radius 1 is 1.14 bits per heavy atom. The molecule has 8 nitrogen and oxygen atoms in total. The van der Waals surface area contributed by atoms with Crippen LogP contribution in [-0.4, -0.2) is 46.4 Å². The monoisotopic (exact) mass is 505 g/mol. The molecule has 1 aromatic heterocycles. The molecule has 0 radical (unpaired) electrons. The van der Waals surface area contributed by atoms with Crippen LogP contribution in [0, 0.1) is 0 Å². The predicted molar refractivity (Wildman–Crippen MR) is 141 cm³/mol. The van der Waals surface area contributed by atoms with Crippen LogP contribution >= 0.6 is 0 Å². The maximum absolute atomic E-state index is 13.0. The smallest absolute Gasteiger partial charge is 0.354 e. The van der Waals surface area contributed by atoms with E-state index in [0.717, 1.165) is 61.9 Å². The Hall–Kier alpha value is -3.27. The molecule has 2 aromatic carbocycles. The second kappa shape index (κ2) is 10.4. The van der Waals surface area contributed by atoms with Crippen molar-refractivity contribution in [2.24, 2.45) is 9.50 Å². The average molecular weight is 506 g/mol. The van der Waals surface area contributed by atoms with Crippen LogP contribution in [0.4, 0.5) is 10.5 Å². The summed E-state index contributed by atoms with van der Waals surface area (Å²) < 4.78 is 23.0. The number of aryl methyl sites for hydroxylation is 1. The fourth-order valence-electron chi connectivity index (χ4n) is 4.89. The Morgan fingerprint density at radius 2 is 1.92 bits per heavy atom. The normalized spacial score (nSPS) is 17.7. The summed E-state index contributed by atoms with van der Waals surface area (Å²) >= 11 is 0. The lowest BCUT2D eigenvalue weighted by Gasteiger charge is -2.29. The molecule has 1 aliphatic heterocycles. The number of nitrogens with one attached hydrogen (secondary N) is 1. The van der Waals surface area contributed by atoms with Crippen molar-refractivity contribution < 1.29 is 13.7 Å².